The van der Waals surface area contributed by atoms with Gasteiger partial charge in [-0.15, -0.1) is 0 Å². The van der Waals surface area contributed by atoms with Gasteiger partial charge in [-0.2, -0.15) is 0 Å². The van der Waals surface area contributed by atoms with Gasteiger partial charge < -0.3 is 15.4 Å². The second-order valence-electron chi connectivity index (χ2n) is 6.85. The molecule has 1 aliphatic carbocycles. The second-order valence-corrected chi connectivity index (χ2v) is 6.85. The first-order chi connectivity index (χ1) is 12.8. The summed E-state index contributed by atoms with van der Waals surface area (Å²) in [6.07, 6.45) is 5.14. The lowest BCUT2D eigenvalue weighted by molar-refractivity contribution is 0.107. The lowest BCUT2D eigenvalue weighted by Crippen LogP contribution is -2.41. The minimum absolute atomic E-state index is 0.574. The molecule has 0 saturated heterocycles. The van der Waals surface area contributed by atoms with Gasteiger partial charge in [0.2, 0.25) is 0 Å². The van der Waals surface area contributed by atoms with Crippen LogP contribution in [0.4, 0.5) is 0 Å². The van der Waals surface area contributed by atoms with Crippen LogP contribution in [0.15, 0.2) is 59.6 Å². The Bertz CT molecular complexity index is 676. The van der Waals surface area contributed by atoms with E-state index in [0.717, 1.165) is 12.5 Å². The maximum atomic E-state index is 5.79. The molecule has 0 aromatic heterocycles. The third-order valence-electron chi connectivity index (χ3n) is 4.78. The number of nitrogens with zero attached hydrogens (tertiary/aromatic N) is 1. The number of rotatable bonds is 7. The highest BCUT2D eigenvalue weighted by atomic mass is 16.5. The molecule has 138 valence electrons. The van der Waals surface area contributed by atoms with Crippen LogP contribution in [0.2, 0.25) is 0 Å². The molecule has 2 N–H and O–H groups in total. The molecule has 0 atom stereocenters. The van der Waals surface area contributed by atoms with Crippen molar-refractivity contribution in [1.82, 2.24) is 10.6 Å². The van der Waals surface area contributed by atoms with E-state index < -0.39 is 0 Å². The first kappa shape index (κ1) is 18.5. The van der Waals surface area contributed by atoms with Crippen molar-refractivity contribution >= 4 is 5.96 Å². The molecule has 0 heterocycles. The summed E-state index contributed by atoms with van der Waals surface area (Å²) in [5.41, 5.74) is 3.64. The number of guanidine groups is 1. The summed E-state index contributed by atoms with van der Waals surface area (Å²) >= 11 is 0. The van der Waals surface area contributed by atoms with Gasteiger partial charge in [-0.05, 0) is 29.5 Å². The normalized spacial score (nSPS) is 15.2. The quantitative estimate of drug-likeness (QED) is 0.585. The van der Waals surface area contributed by atoms with Gasteiger partial charge in [-0.25, -0.2) is 0 Å². The number of hydrogen-bond donors (Lipinski definition) is 2. The molecule has 3 rings (SSSR count). The molecule has 2 aromatic rings. The van der Waals surface area contributed by atoms with Crippen molar-refractivity contribution < 1.29 is 4.74 Å². The summed E-state index contributed by atoms with van der Waals surface area (Å²) < 4.78 is 5.79. The molecule has 4 heteroatoms. The van der Waals surface area contributed by atoms with Crippen LogP contribution in [-0.4, -0.2) is 19.0 Å². The molecule has 1 saturated carbocycles. The van der Waals surface area contributed by atoms with Crippen LogP contribution in [0, 0.1) is 0 Å². The van der Waals surface area contributed by atoms with Gasteiger partial charge in [0.25, 0.3) is 0 Å². The Morgan fingerprint density at radius 2 is 1.54 bits per heavy atom. The van der Waals surface area contributed by atoms with Crippen molar-refractivity contribution in [3.8, 4) is 0 Å². The van der Waals surface area contributed by atoms with E-state index in [1.54, 1.807) is 0 Å². The fraction of sp³-hybridized carbons (Fsp3) is 0.409. The molecule has 0 spiro atoms. The fourth-order valence-electron chi connectivity index (χ4n) is 3.26. The molecule has 0 aliphatic heterocycles. The number of benzene rings is 2. The van der Waals surface area contributed by atoms with E-state index in [2.05, 4.69) is 52.0 Å². The topological polar surface area (TPSA) is 45.7 Å². The van der Waals surface area contributed by atoms with Crippen molar-refractivity contribution in [2.75, 3.05) is 7.05 Å². The van der Waals surface area contributed by atoms with Crippen LogP contribution < -0.4 is 10.6 Å². The van der Waals surface area contributed by atoms with E-state index in [9.17, 15) is 0 Å². The van der Waals surface area contributed by atoms with Gasteiger partial charge in [0, 0.05) is 19.6 Å². The lowest BCUT2D eigenvalue weighted by atomic mass is 10.1. The lowest BCUT2D eigenvalue weighted by Gasteiger charge is -2.17. The molecule has 4 nitrogen and oxygen atoms in total. The zero-order chi connectivity index (χ0) is 18.0. The van der Waals surface area contributed by atoms with Gasteiger partial charge in [0.1, 0.15) is 0 Å². The Labute approximate surface area is 156 Å². The van der Waals surface area contributed by atoms with Crippen LogP contribution in [-0.2, 0) is 24.5 Å². The molecular formula is C22H29N3O. The van der Waals surface area contributed by atoms with Gasteiger partial charge >= 0.3 is 0 Å². The van der Waals surface area contributed by atoms with Gasteiger partial charge in [-0.3, -0.25) is 4.99 Å². The summed E-state index contributed by atoms with van der Waals surface area (Å²) in [7, 11) is 1.83. The molecule has 0 amide bonds. The Morgan fingerprint density at radius 1 is 0.923 bits per heavy atom. The van der Waals surface area contributed by atoms with Crippen LogP contribution in [0.25, 0.3) is 0 Å². The average molecular weight is 351 g/mol. The molecule has 2 aromatic carbocycles. The first-order valence-corrected chi connectivity index (χ1v) is 9.50. The van der Waals surface area contributed by atoms with E-state index in [1.165, 1.54) is 42.4 Å². The van der Waals surface area contributed by atoms with E-state index in [4.69, 9.17) is 4.74 Å². The zero-order valence-electron chi connectivity index (χ0n) is 15.6. The minimum atomic E-state index is 0.574. The van der Waals surface area contributed by atoms with Crippen LogP contribution in [0.1, 0.15) is 42.4 Å². The smallest absolute Gasteiger partial charge is 0.191 e. The van der Waals surface area contributed by atoms with Crippen molar-refractivity contribution in [3.05, 3.63) is 71.3 Å². The maximum absolute atomic E-state index is 5.79. The van der Waals surface area contributed by atoms with Crippen molar-refractivity contribution in [3.63, 3.8) is 0 Å². The Kier molecular flexibility index (Phi) is 7.08. The van der Waals surface area contributed by atoms with E-state index in [0.29, 0.717) is 19.3 Å². The minimum Gasteiger partial charge on any atom is -0.372 e. The maximum Gasteiger partial charge on any atom is 0.191 e. The van der Waals surface area contributed by atoms with Gasteiger partial charge in [0.05, 0.1) is 13.2 Å². The summed E-state index contributed by atoms with van der Waals surface area (Å²) in [5, 5.41) is 6.91. The molecule has 1 fully saturated rings. The Hall–Kier alpha value is -2.33. The van der Waals surface area contributed by atoms with Crippen LogP contribution in [0.3, 0.4) is 0 Å². The Balaban J connectivity index is 1.40. The molecular weight excluding hydrogens is 322 g/mol. The predicted molar refractivity (Wildman–Crippen MR) is 107 cm³/mol. The SMILES string of the molecule is CN=C(NCc1ccc(COCc2ccccc2)cc1)NC1CCCC1. The van der Waals surface area contributed by atoms with Crippen molar-refractivity contribution in [1.29, 1.82) is 0 Å². The van der Waals surface area contributed by atoms with E-state index in [-0.39, 0.29) is 0 Å². The highest BCUT2D eigenvalue weighted by Gasteiger charge is 2.15. The summed E-state index contributed by atoms with van der Waals surface area (Å²) in [6, 6.07) is 19.4. The summed E-state index contributed by atoms with van der Waals surface area (Å²) in [5.74, 6) is 0.896. The summed E-state index contributed by atoms with van der Waals surface area (Å²) in [6.45, 7) is 2.05. The van der Waals surface area contributed by atoms with E-state index >= 15 is 0 Å². The predicted octanol–water partition coefficient (Wildman–Crippen LogP) is 4.01. The standard InChI is InChI=1S/C22H29N3O/c1-23-22(25-21-9-5-6-10-21)24-15-18-11-13-20(14-12-18)17-26-16-19-7-3-2-4-8-19/h2-4,7-8,11-14,21H,5-6,9-10,15-17H2,1H3,(H2,23,24,25). The molecule has 0 radical (unpaired) electrons. The fourth-order valence-corrected chi connectivity index (χ4v) is 3.26. The molecule has 0 bridgehead atoms. The van der Waals surface area contributed by atoms with E-state index in [1.807, 2.05) is 25.2 Å². The zero-order valence-corrected chi connectivity index (χ0v) is 15.6. The number of ether oxygens (including phenoxy) is 1. The van der Waals surface area contributed by atoms with Crippen LogP contribution in [0.5, 0.6) is 0 Å². The molecule has 26 heavy (non-hydrogen) atoms. The highest BCUT2D eigenvalue weighted by Crippen LogP contribution is 2.17. The average Bonchev–Trinajstić information content (AvgIpc) is 3.20. The monoisotopic (exact) mass is 351 g/mol. The first-order valence-electron chi connectivity index (χ1n) is 9.50. The van der Waals surface area contributed by atoms with Crippen molar-refractivity contribution in [2.24, 2.45) is 4.99 Å². The third kappa shape index (κ3) is 5.88. The second kappa shape index (κ2) is 9.97. The largest absolute Gasteiger partial charge is 0.372 e. The van der Waals surface area contributed by atoms with Crippen molar-refractivity contribution in [2.45, 2.75) is 51.5 Å². The third-order valence-corrected chi connectivity index (χ3v) is 4.78. The highest BCUT2D eigenvalue weighted by molar-refractivity contribution is 5.79. The Morgan fingerprint density at radius 3 is 2.19 bits per heavy atom. The van der Waals surface area contributed by atoms with Gasteiger partial charge in [-0.1, -0.05) is 67.4 Å². The molecule has 1 aliphatic rings. The van der Waals surface area contributed by atoms with Gasteiger partial charge in [0.15, 0.2) is 5.96 Å². The van der Waals surface area contributed by atoms with Crippen LogP contribution >= 0.6 is 0 Å². The molecule has 0 unspecified atom stereocenters. The summed E-state index contributed by atoms with van der Waals surface area (Å²) in [4.78, 5) is 4.33. The number of hydrogen-bond acceptors (Lipinski definition) is 2. The number of aliphatic imine (C=N–C) groups is 1. The number of nitrogens with one attached hydrogen (secondary N) is 2.